The van der Waals surface area contributed by atoms with Gasteiger partial charge in [-0.3, -0.25) is 4.90 Å². The van der Waals surface area contributed by atoms with Gasteiger partial charge in [0.1, 0.15) is 11.6 Å². The number of nitrogens with two attached hydrogens (primary N) is 1. The molecule has 0 bridgehead atoms. The Hall–Kier alpha value is -1.52. The van der Waals surface area contributed by atoms with Gasteiger partial charge in [-0.2, -0.15) is 0 Å². The summed E-state index contributed by atoms with van der Waals surface area (Å²) in [5, 5.41) is 0. The van der Waals surface area contributed by atoms with Crippen LogP contribution in [0.2, 0.25) is 0 Å². The van der Waals surface area contributed by atoms with Crippen LogP contribution in [0.25, 0.3) is 0 Å². The van der Waals surface area contributed by atoms with Crippen molar-refractivity contribution in [2.45, 2.75) is 26.9 Å². The van der Waals surface area contributed by atoms with E-state index in [1.165, 1.54) is 4.90 Å². The minimum atomic E-state index is -0.400. The number of carbonyl (C=O) groups is 1. The van der Waals surface area contributed by atoms with E-state index in [0.29, 0.717) is 25.4 Å². The summed E-state index contributed by atoms with van der Waals surface area (Å²) in [6.45, 7) is 7.30. The number of amides is 1. The second-order valence-electron chi connectivity index (χ2n) is 4.60. The molecule has 0 spiro atoms. The molecular formula is C12H21N3O3. The fourth-order valence-electron chi connectivity index (χ4n) is 1.86. The molecule has 1 aliphatic heterocycles. The first kappa shape index (κ1) is 14.5. The van der Waals surface area contributed by atoms with Crippen molar-refractivity contribution >= 4 is 12.0 Å². The van der Waals surface area contributed by atoms with Crippen LogP contribution in [0.3, 0.4) is 0 Å². The van der Waals surface area contributed by atoms with Crippen molar-refractivity contribution in [2.24, 2.45) is 11.7 Å². The summed E-state index contributed by atoms with van der Waals surface area (Å²) >= 11 is 0. The van der Waals surface area contributed by atoms with Gasteiger partial charge in [0.2, 0.25) is 0 Å². The van der Waals surface area contributed by atoms with Gasteiger partial charge in [-0.1, -0.05) is 13.8 Å². The highest BCUT2D eigenvalue weighted by atomic mass is 16.6. The number of hydrogen-bond acceptors (Lipinski definition) is 5. The first-order valence-electron chi connectivity index (χ1n) is 6.19. The minimum absolute atomic E-state index is 0.211. The highest BCUT2D eigenvalue weighted by Gasteiger charge is 2.30. The molecule has 6 heteroatoms. The third-order valence-electron chi connectivity index (χ3n) is 2.98. The number of carbonyl (C=O) groups excluding carboxylic acids is 2. The molecule has 0 radical (unpaired) electrons. The molecule has 6 nitrogen and oxygen atoms in total. The maximum Gasteiger partial charge on any atom is 0.410 e. The zero-order valence-electron chi connectivity index (χ0n) is 11.2. The number of ether oxygens (including phenoxy) is 1. The Kier molecular flexibility index (Phi) is 5.19. The van der Waals surface area contributed by atoms with Crippen LogP contribution >= 0.6 is 0 Å². The molecule has 1 aliphatic rings. The van der Waals surface area contributed by atoms with E-state index in [0.717, 1.165) is 0 Å². The molecule has 1 saturated heterocycles. The van der Waals surface area contributed by atoms with Crippen LogP contribution in [-0.4, -0.2) is 54.2 Å². The lowest BCUT2D eigenvalue weighted by atomic mass is 10.1. The Bertz CT molecular complexity index is 350. The molecule has 0 aromatic heterocycles. The number of rotatable bonds is 3. The van der Waals surface area contributed by atoms with Crippen LogP contribution in [0.4, 0.5) is 4.79 Å². The Balaban J connectivity index is 2.72. The predicted octanol–water partition coefficient (Wildman–Crippen LogP) is 0.417. The van der Waals surface area contributed by atoms with E-state index in [1.54, 1.807) is 6.92 Å². The SMILES string of the molecule is CCOC(=O)N1CCN(C(N)C(C)C)C(=C=O)C1. The van der Waals surface area contributed by atoms with Gasteiger partial charge >= 0.3 is 6.09 Å². The van der Waals surface area contributed by atoms with Gasteiger partial charge in [0.15, 0.2) is 0 Å². The molecule has 102 valence electrons. The quantitative estimate of drug-likeness (QED) is 0.739. The maximum absolute atomic E-state index is 11.6. The molecule has 2 N–H and O–H groups in total. The van der Waals surface area contributed by atoms with Crippen molar-refractivity contribution < 1.29 is 14.3 Å². The van der Waals surface area contributed by atoms with Crippen molar-refractivity contribution in [1.82, 2.24) is 9.80 Å². The smallest absolute Gasteiger partial charge is 0.410 e. The van der Waals surface area contributed by atoms with Crippen LogP contribution in [0.15, 0.2) is 5.70 Å². The Morgan fingerprint density at radius 3 is 2.67 bits per heavy atom. The van der Waals surface area contributed by atoms with Gasteiger partial charge in [-0.25, -0.2) is 9.59 Å². The average molecular weight is 255 g/mol. The van der Waals surface area contributed by atoms with E-state index < -0.39 is 6.09 Å². The molecule has 1 heterocycles. The standard InChI is InChI=1S/C12H21N3O3/c1-4-18-12(17)14-5-6-15(10(7-14)8-16)11(13)9(2)3/h9,11H,4-7,13H2,1-3H3. The topological polar surface area (TPSA) is 75.9 Å². The first-order valence-corrected chi connectivity index (χ1v) is 6.19. The summed E-state index contributed by atoms with van der Waals surface area (Å²) in [6.07, 6.45) is -0.631. The van der Waals surface area contributed by atoms with Crippen molar-refractivity contribution in [3.63, 3.8) is 0 Å². The Morgan fingerprint density at radius 1 is 1.50 bits per heavy atom. The molecule has 1 rings (SSSR count). The Morgan fingerprint density at radius 2 is 2.17 bits per heavy atom. The zero-order valence-corrected chi connectivity index (χ0v) is 11.2. The van der Waals surface area contributed by atoms with E-state index in [4.69, 9.17) is 10.5 Å². The summed E-state index contributed by atoms with van der Waals surface area (Å²) in [6, 6.07) is 0. The lowest BCUT2D eigenvalue weighted by Crippen LogP contribution is -2.55. The fourth-order valence-corrected chi connectivity index (χ4v) is 1.86. The molecule has 1 amide bonds. The molecule has 0 saturated carbocycles. The summed E-state index contributed by atoms with van der Waals surface area (Å²) in [5.41, 5.74) is 6.44. The molecule has 0 aromatic carbocycles. The molecule has 18 heavy (non-hydrogen) atoms. The number of nitrogens with zero attached hydrogens (tertiary/aromatic N) is 2. The molecule has 1 fully saturated rings. The van der Waals surface area contributed by atoms with Crippen LogP contribution in [0, 0.1) is 5.92 Å². The van der Waals surface area contributed by atoms with Gasteiger partial charge < -0.3 is 15.4 Å². The summed E-state index contributed by atoms with van der Waals surface area (Å²) < 4.78 is 4.91. The number of piperazine rings is 1. The number of hydrogen-bond donors (Lipinski definition) is 1. The van der Waals surface area contributed by atoms with Crippen LogP contribution in [0.1, 0.15) is 20.8 Å². The van der Waals surface area contributed by atoms with E-state index in [1.807, 2.05) is 24.7 Å². The molecule has 1 unspecified atom stereocenters. The predicted molar refractivity (Wildman–Crippen MR) is 67.3 cm³/mol. The highest BCUT2D eigenvalue weighted by Crippen LogP contribution is 2.17. The average Bonchev–Trinajstić information content (AvgIpc) is 2.37. The van der Waals surface area contributed by atoms with Crippen molar-refractivity contribution in [3.8, 4) is 0 Å². The van der Waals surface area contributed by atoms with Crippen LogP contribution in [-0.2, 0) is 9.53 Å². The van der Waals surface area contributed by atoms with Crippen molar-refractivity contribution in [1.29, 1.82) is 0 Å². The zero-order chi connectivity index (χ0) is 13.7. The van der Waals surface area contributed by atoms with E-state index in [-0.39, 0.29) is 18.6 Å². The van der Waals surface area contributed by atoms with E-state index >= 15 is 0 Å². The van der Waals surface area contributed by atoms with E-state index in [2.05, 4.69) is 0 Å². The van der Waals surface area contributed by atoms with Gasteiger partial charge in [-0.05, 0) is 12.8 Å². The fraction of sp³-hybridized carbons (Fsp3) is 0.750. The summed E-state index contributed by atoms with van der Waals surface area (Å²) in [5.74, 6) is 2.10. The maximum atomic E-state index is 11.6. The minimum Gasteiger partial charge on any atom is -0.450 e. The third kappa shape index (κ3) is 3.24. The van der Waals surface area contributed by atoms with Crippen LogP contribution < -0.4 is 5.73 Å². The van der Waals surface area contributed by atoms with Gasteiger partial charge in [0.05, 0.1) is 19.3 Å². The molecule has 1 atom stereocenters. The van der Waals surface area contributed by atoms with Gasteiger partial charge in [0.25, 0.3) is 0 Å². The lowest BCUT2D eigenvalue weighted by Gasteiger charge is -2.40. The van der Waals surface area contributed by atoms with Crippen LogP contribution in [0.5, 0.6) is 0 Å². The second-order valence-corrected chi connectivity index (χ2v) is 4.60. The van der Waals surface area contributed by atoms with Crippen molar-refractivity contribution in [2.75, 3.05) is 26.2 Å². The highest BCUT2D eigenvalue weighted by molar-refractivity contribution is 5.69. The lowest BCUT2D eigenvalue weighted by molar-refractivity contribution is 0.0808. The van der Waals surface area contributed by atoms with Gasteiger partial charge in [-0.15, -0.1) is 0 Å². The second kappa shape index (κ2) is 6.42. The molecule has 0 aliphatic carbocycles. The summed E-state index contributed by atoms with van der Waals surface area (Å²) in [7, 11) is 0. The summed E-state index contributed by atoms with van der Waals surface area (Å²) in [4.78, 5) is 25.9. The first-order chi connectivity index (χ1) is 8.51. The van der Waals surface area contributed by atoms with Gasteiger partial charge in [0, 0.05) is 13.1 Å². The monoisotopic (exact) mass is 255 g/mol. The largest absolute Gasteiger partial charge is 0.450 e. The molecular weight excluding hydrogens is 234 g/mol. The Labute approximate surface area is 107 Å². The normalized spacial score (nSPS) is 17.7. The molecule has 0 aromatic rings. The third-order valence-corrected chi connectivity index (χ3v) is 2.98. The van der Waals surface area contributed by atoms with E-state index in [9.17, 15) is 9.59 Å². The van der Waals surface area contributed by atoms with Crippen molar-refractivity contribution in [3.05, 3.63) is 5.70 Å².